The average Bonchev–Trinajstić information content (AvgIpc) is 2.10. The minimum atomic E-state index is -1.91. The number of hydrogen-bond donors (Lipinski definition) is 3. The molecule has 0 amide bonds. The van der Waals surface area contributed by atoms with Crippen LogP contribution in [0.3, 0.4) is 0 Å². The third-order valence-corrected chi connectivity index (χ3v) is 1.33. The van der Waals surface area contributed by atoms with Crippen LogP contribution in [0.1, 0.15) is 0 Å². The third kappa shape index (κ3) is 6.01. The van der Waals surface area contributed by atoms with Crippen LogP contribution in [0.2, 0.25) is 0 Å². The van der Waals surface area contributed by atoms with Crippen LogP contribution in [0, 0.1) is 6.61 Å². The van der Waals surface area contributed by atoms with E-state index in [1.54, 1.807) is 0 Å². The Bertz CT molecular complexity index is 265. The van der Waals surface area contributed by atoms with Crippen molar-refractivity contribution < 1.29 is 71.9 Å². The quantitative estimate of drug-likeness (QED) is 0.500. The average molecular weight is 310 g/mol. The van der Waals surface area contributed by atoms with E-state index in [0.29, 0.717) is 0 Å². The third-order valence-electron chi connectivity index (χ3n) is 1.33. The molecule has 0 radical (unpaired) electrons. The van der Waals surface area contributed by atoms with E-state index in [2.05, 4.69) is 9.47 Å². The molecule has 2 unspecified atom stereocenters. The SMILES string of the molecule is COC(C(=O)O)C(O[CH-]C(=O)O)C(=O)O.[Y+3]. The van der Waals surface area contributed by atoms with Gasteiger partial charge in [0.05, 0.1) is 0 Å². The van der Waals surface area contributed by atoms with E-state index < -0.39 is 30.1 Å². The molecule has 0 aliphatic carbocycles. The zero-order chi connectivity index (χ0) is 12.0. The molecule has 0 fully saturated rings. The number of aliphatic carboxylic acids is 3. The Balaban J connectivity index is 0. The largest absolute Gasteiger partial charge is 3.00 e. The summed E-state index contributed by atoms with van der Waals surface area (Å²) >= 11 is 0. The second kappa shape index (κ2) is 8.46. The molecule has 2 atom stereocenters. The molecule has 0 heterocycles. The van der Waals surface area contributed by atoms with Gasteiger partial charge in [0.25, 0.3) is 0 Å². The van der Waals surface area contributed by atoms with Gasteiger partial charge in [-0.3, -0.25) is 4.79 Å². The van der Waals surface area contributed by atoms with Crippen LogP contribution in [0.25, 0.3) is 0 Å². The van der Waals surface area contributed by atoms with E-state index in [1.807, 2.05) is 0 Å². The number of carboxylic acids is 3. The van der Waals surface area contributed by atoms with Gasteiger partial charge in [0.15, 0.2) is 18.2 Å². The van der Waals surface area contributed by atoms with Gasteiger partial charge in [0, 0.05) is 7.11 Å². The number of carboxylic acid groups (broad SMARTS) is 3. The molecule has 3 N–H and O–H groups in total. The monoisotopic (exact) mass is 310 g/mol. The van der Waals surface area contributed by atoms with Gasteiger partial charge in [0.2, 0.25) is 0 Å². The van der Waals surface area contributed by atoms with Crippen molar-refractivity contribution in [2.75, 3.05) is 7.11 Å². The Hall–Kier alpha value is -0.696. The fraction of sp³-hybridized carbons (Fsp3) is 0.429. The van der Waals surface area contributed by atoms with Crippen molar-refractivity contribution in [3.8, 4) is 0 Å². The van der Waals surface area contributed by atoms with Gasteiger partial charge in [-0.05, 0) is 0 Å². The summed E-state index contributed by atoms with van der Waals surface area (Å²) in [5.74, 6) is -4.73. The van der Waals surface area contributed by atoms with Crippen molar-refractivity contribution in [2.24, 2.45) is 0 Å². The summed E-state index contributed by atoms with van der Waals surface area (Å²) in [5.41, 5.74) is 0. The van der Waals surface area contributed by atoms with Crippen LogP contribution in [0.15, 0.2) is 0 Å². The van der Waals surface area contributed by atoms with Crippen LogP contribution in [0.5, 0.6) is 0 Å². The number of hydrogen-bond acceptors (Lipinski definition) is 5. The summed E-state index contributed by atoms with van der Waals surface area (Å²) in [6, 6.07) is 0. The van der Waals surface area contributed by atoms with E-state index in [1.165, 1.54) is 0 Å². The van der Waals surface area contributed by atoms with E-state index in [-0.39, 0.29) is 39.3 Å². The van der Waals surface area contributed by atoms with Crippen molar-refractivity contribution in [1.82, 2.24) is 0 Å². The van der Waals surface area contributed by atoms with Crippen molar-refractivity contribution in [3.05, 3.63) is 6.61 Å². The Labute approximate surface area is 115 Å². The van der Waals surface area contributed by atoms with Gasteiger partial charge >= 0.3 is 44.6 Å². The molecule has 0 saturated carbocycles. The normalized spacial score (nSPS) is 13.1. The second-order valence-electron chi connectivity index (χ2n) is 2.35. The summed E-state index contributed by atoms with van der Waals surface area (Å²) in [5, 5.41) is 25.3. The first kappa shape index (κ1) is 17.7. The Morgan fingerprint density at radius 3 is 1.75 bits per heavy atom. The zero-order valence-corrected chi connectivity index (χ0v) is 11.0. The zero-order valence-electron chi connectivity index (χ0n) is 8.19. The summed E-state index contributed by atoms with van der Waals surface area (Å²) in [6.07, 6.45) is -3.69. The van der Waals surface area contributed by atoms with Gasteiger partial charge < -0.3 is 24.8 Å². The maximum Gasteiger partial charge on any atom is 3.00 e. The molecule has 0 aromatic carbocycles. The van der Waals surface area contributed by atoms with Crippen molar-refractivity contribution in [1.29, 1.82) is 0 Å². The number of ether oxygens (including phenoxy) is 2. The number of carbonyl (C=O) groups is 3. The van der Waals surface area contributed by atoms with E-state index >= 15 is 0 Å². The van der Waals surface area contributed by atoms with E-state index in [9.17, 15) is 14.4 Å². The predicted molar refractivity (Wildman–Crippen MR) is 42.9 cm³/mol. The maximum atomic E-state index is 10.5. The summed E-state index contributed by atoms with van der Waals surface area (Å²) in [7, 11) is 0.971. The Morgan fingerprint density at radius 2 is 1.50 bits per heavy atom. The maximum absolute atomic E-state index is 10.5. The molecule has 0 aromatic rings. The van der Waals surface area contributed by atoms with Gasteiger partial charge in [-0.15, -0.1) is 0 Å². The summed E-state index contributed by atoms with van der Waals surface area (Å²) in [4.78, 5) is 31.1. The molecular formula is C7H9O8Y+2. The van der Waals surface area contributed by atoms with Crippen molar-refractivity contribution >= 4 is 17.9 Å². The second-order valence-corrected chi connectivity index (χ2v) is 2.35. The first-order valence-corrected chi connectivity index (χ1v) is 3.60. The van der Waals surface area contributed by atoms with E-state index in [0.717, 1.165) is 7.11 Å². The standard InChI is InChI=1S/C7H9O8.Y/c1-14-4(6(10)11)5(7(12)13)15-2-3(8)9;/h2,4-5H,1H3,(H,8,9)(H,10,11)(H,12,13);/q-1;+3. The molecular weight excluding hydrogens is 301 g/mol. The number of methoxy groups -OCH3 is 1. The smallest absolute Gasteiger partial charge is 0.510 e. The molecule has 0 aliphatic heterocycles. The first-order chi connectivity index (χ1) is 6.90. The van der Waals surface area contributed by atoms with Crippen LogP contribution < -0.4 is 0 Å². The molecule has 0 aromatic heterocycles. The molecule has 0 saturated heterocycles. The van der Waals surface area contributed by atoms with Crippen LogP contribution >= 0.6 is 0 Å². The fourth-order valence-electron chi connectivity index (χ4n) is 0.744. The minimum absolute atomic E-state index is 0. The topological polar surface area (TPSA) is 130 Å². The molecule has 86 valence electrons. The Morgan fingerprint density at radius 1 is 1.06 bits per heavy atom. The van der Waals surface area contributed by atoms with Crippen LogP contribution in [-0.2, 0) is 56.6 Å². The molecule has 9 heteroatoms. The summed E-state index contributed by atoms with van der Waals surface area (Å²) < 4.78 is 8.60. The van der Waals surface area contributed by atoms with Gasteiger partial charge in [-0.1, -0.05) is 0 Å². The van der Waals surface area contributed by atoms with E-state index in [4.69, 9.17) is 15.3 Å². The Kier molecular flexibility index (Phi) is 9.35. The first-order valence-electron chi connectivity index (χ1n) is 3.60. The molecule has 8 nitrogen and oxygen atoms in total. The fourth-order valence-corrected chi connectivity index (χ4v) is 0.744. The van der Waals surface area contributed by atoms with Crippen molar-refractivity contribution in [2.45, 2.75) is 12.2 Å². The van der Waals surface area contributed by atoms with Crippen LogP contribution in [-0.4, -0.2) is 52.5 Å². The summed E-state index contributed by atoms with van der Waals surface area (Å²) in [6.45, 7) is 0.188. The molecule has 0 aliphatic rings. The van der Waals surface area contributed by atoms with Crippen molar-refractivity contribution in [3.63, 3.8) is 0 Å². The molecule has 0 spiro atoms. The van der Waals surface area contributed by atoms with Gasteiger partial charge in [-0.2, -0.15) is 6.61 Å². The van der Waals surface area contributed by atoms with Crippen LogP contribution in [0.4, 0.5) is 0 Å². The molecule has 0 bridgehead atoms. The number of rotatable bonds is 7. The minimum Gasteiger partial charge on any atom is -0.510 e. The molecule has 16 heavy (non-hydrogen) atoms. The van der Waals surface area contributed by atoms with Gasteiger partial charge in [-0.25, -0.2) is 9.59 Å². The predicted octanol–water partition coefficient (Wildman–Crippen LogP) is -1.20. The molecule has 0 rings (SSSR count). The van der Waals surface area contributed by atoms with Gasteiger partial charge in [0.1, 0.15) is 0 Å².